The molecule has 3 nitrogen and oxygen atoms in total. The zero-order valence-corrected chi connectivity index (χ0v) is 19.7. The SMILES string of the molecule is CCCCOc1ccc(P(c2ccc(OCCCC)cc2)c2cccc(OC)c2)cc1. The summed E-state index contributed by atoms with van der Waals surface area (Å²) in [5.41, 5.74) is 0. The van der Waals surface area contributed by atoms with Gasteiger partial charge in [-0.1, -0.05) is 63.1 Å². The standard InChI is InChI=1S/C27H33O3P/c1-4-6-19-29-22-11-15-25(16-12-22)31(27-10-8-9-24(21-27)28-3)26-17-13-23(14-18-26)30-20-7-5-2/h8-18,21H,4-7,19-20H2,1-3H3. The van der Waals surface area contributed by atoms with Crippen molar-refractivity contribution in [1.29, 1.82) is 0 Å². The van der Waals surface area contributed by atoms with E-state index in [1.54, 1.807) is 7.11 Å². The molecule has 0 radical (unpaired) electrons. The summed E-state index contributed by atoms with van der Waals surface area (Å²) in [5, 5.41) is 3.82. The fourth-order valence-electron chi connectivity index (χ4n) is 3.25. The Morgan fingerprint density at radius 3 is 1.58 bits per heavy atom. The maximum atomic E-state index is 5.86. The molecule has 31 heavy (non-hydrogen) atoms. The van der Waals surface area contributed by atoms with Gasteiger partial charge in [0.05, 0.1) is 20.3 Å². The molecule has 0 saturated heterocycles. The van der Waals surface area contributed by atoms with Gasteiger partial charge in [0, 0.05) is 0 Å². The molecule has 4 heteroatoms. The van der Waals surface area contributed by atoms with Gasteiger partial charge in [0.15, 0.2) is 0 Å². The quantitative estimate of drug-likeness (QED) is 0.265. The van der Waals surface area contributed by atoms with E-state index in [9.17, 15) is 0 Å². The number of hydrogen-bond donors (Lipinski definition) is 0. The van der Waals surface area contributed by atoms with Gasteiger partial charge in [0.25, 0.3) is 0 Å². The van der Waals surface area contributed by atoms with Gasteiger partial charge in [0.1, 0.15) is 17.2 Å². The zero-order chi connectivity index (χ0) is 21.9. The van der Waals surface area contributed by atoms with E-state index >= 15 is 0 Å². The monoisotopic (exact) mass is 436 g/mol. The van der Waals surface area contributed by atoms with E-state index in [4.69, 9.17) is 14.2 Å². The third-order valence-electron chi connectivity index (χ3n) is 5.03. The third-order valence-corrected chi connectivity index (χ3v) is 7.46. The first-order chi connectivity index (χ1) is 15.2. The Morgan fingerprint density at radius 2 is 1.13 bits per heavy atom. The summed E-state index contributed by atoms with van der Waals surface area (Å²) in [7, 11) is 0.999. The van der Waals surface area contributed by atoms with Crippen LogP contribution in [-0.4, -0.2) is 20.3 Å². The average Bonchev–Trinajstić information content (AvgIpc) is 2.82. The van der Waals surface area contributed by atoms with Crippen LogP contribution in [0.5, 0.6) is 17.2 Å². The topological polar surface area (TPSA) is 27.7 Å². The van der Waals surface area contributed by atoms with Crippen molar-refractivity contribution < 1.29 is 14.2 Å². The van der Waals surface area contributed by atoms with E-state index in [-0.39, 0.29) is 0 Å². The fourth-order valence-corrected chi connectivity index (χ4v) is 5.53. The van der Waals surface area contributed by atoms with Gasteiger partial charge < -0.3 is 14.2 Å². The Morgan fingerprint density at radius 1 is 0.613 bits per heavy atom. The Labute approximate surface area is 188 Å². The molecule has 0 N–H and O–H groups in total. The van der Waals surface area contributed by atoms with E-state index in [2.05, 4.69) is 80.6 Å². The Hall–Kier alpha value is -2.51. The Balaban J connectivity index is 1.88. The highest BCUT2D eigenvalue weighted by Crippen LogP contribution is 2.35. The Bertz CT molecular complexity index is 853. The second-order valence-electron chi connectivity index (χ2n) is 7.43. The minimum atomic E-state index is -0.716. The first-order valence-corrected chi connectivity index (χ1v) is 12.5. The molecule has 0 spiro atoms. The summed E-state index contributed by atoms with van der Waals surface area (Å²) in [6, 6.07) is 25.5. The van der Waals surface area contributed by atoms with E-state index < -0.39 is 7.92 Å². The average molecular weight is 437 g/mol. The van der Waals surface area contributed by atoms with Gasteiger partial charge in [-0.3, -0.25) is 0 Å². The molecule has 3 aromatic rings. The molecule has 0 aliphatic heterocycles. The number of ether oxygens (including phenoxy) is 3. The van der Waals surface area contributed by atoms with Gasteiger partial charge >= 0.3 is 0 Å². The summed E-state index contributed by atoms with van der Waals surface area (Å²) in [6.45, 7) is 5.88. The molecule has 0 heterocycles. The predicted octanol–water partition coefficient (Wildman–Crippen LogP) is 5.81. The number of unbranched alkanes of at least 4 members (excludes halogenated alkanes) is 2. The lowest BCUT2D eigenvalue weighted by Crippen LogP contribution is -2.20. The minimum Gasteiger partial charge on any atom is -0.497 e. The van der Waals surface area contributed by atoms with Crippen molar-refractivity contribution in [2.75, 3.05) is 20.3 Å². The van der Waals surface area contributed by atoms with Crippen LogP contribution >= 0.6 is 7.92 Å². The molecule has 0 aliphatic carbocycles. The summed E-state index contributed by atoms with van der Waals surface area (Å²) >= 11 is 0. The maximum Gasteiger partial charge on any atom is 0.119 e. The van der Waals surface area contributed by atoms with Crippen LogP contribution in [0.3, 0.4) is 0 Å². The predicted molar refractivity (Wildman–Crippen MR) is 133 cm³/mol. The first-order valence-electron chi connectivity index (χ1n) is 11.1. The molecule has 3 rings (SSSR count). The van der Waals surface area contributed by atoms with Crippen LogP contribution in [0.4, 0.5) is 0 Å². The number of hydrogen-bond acceptors (Lipinski definition) is 3. The van der Waals surface area contributed by atoms with Crippen molar-refractivity contribution >= 4 is 23.8 Å². The summed E-state index contributed by atoms with van der Waals surface area (Å²) < 4.78 is 17.2. The maximum absolute atomic E-state index is 5.86. The Kier molecular flexibility index (Phi) is 9.24. The highest BCUT2D eigenvalue weighted by atomic mass is 31.1. The van der Waals surface area contributed by atoms with Gasteiger partial charge in [-0.05, 0) is 73.1 Å². The normalized spacial score (nSPS) is 10.8. The van der Waals surface area contributed by atoms with Crippen LogP contribution in [0.15, 0.2) is 72.8 Å². The number of benzene rings is 3. The highest BCUT2D eigenvalue weighted by Gasteiger charge is 2.17. The van der Waals surface area contributed by atoms with Crippen LogP contribution in [0.1, 0.15) is 39.5 Å². The summed E-state index contributed by atoms with van der Waals surface area (Å²) in [6.07, 6.45) is 4.42. The third kappa shape index (κ3) is 6.74. The van der Waals surface area contributed by atoms with E-state index in [0.29, 0.717) is 0 Å². The van der Waals surface area contributed by atoms with Gasteiger partial charge in [-0.25, -0.2) is 0 Å². The molecule has 3 aromatic carbocycles. The van der Waals surface area contributed by atoms with Crippen molar-refractivity contribution in [2.45, 2.75) is 39.5 Å². The van der Waals surface area contributed by atoms with Crippen LogP contribution in [0, 0.1) is 0 Å². The van der Waals surface area contributed by atoms with Crippen LogP contribution in [0.25, 0.3) is 0 Å². The van der Waals surface area contributed by atoms with Crippen molar-refractivity contribution in [2.24, 2.45) is 0 Å². The summed E-state index contributed by atoms with van der Waals surface area (Å²) in [4.78, 5) is 0. The molecular weight excluding hydrogens is 403 g/mol. The highest BCUT2D eigenvalue weighted by molar-refractivity contribution is 7.79. The molecule has 0 atom stereocenters. The van der Waals surface area contributed by atoms with Crippen molar-refractivity contribution in [1.82, 2.24) is 0 Å². The van der Waals surface area contributed by atoms with Gasteiger partial charge in [0.2, 0.25) is 0 Å². The van der Waals surface area contributed by atoms with E-state index in [1.807, 2.05) is 6.07 Å². The van der Waals surface area contributed by atoms with Crippen molar-refractivity contribution in [3.05, 3.63) is 72.8 Å². The largest absolute Gasteiger partial charge is 0.497 e. The van der Waals surface area contributed by atoms with E-state index in [1.165, 1.54) is 15.9 Å². The molecule has 0 amide bonds. The molecule has 0 unspecified atom stereocenters. The number of methoxy groups -OCH3 is 1. The zero-order valence-electron chi connectivity index (χ0n) is 18.8. The van der Waals surface area contributed by atoms with Gasteiger partial charge in [-0.15, -0.1) is 0 Å². The van der Waals surface area contributed by atoms with E-state index in [0.717, 1.165) is 56.1 Å². The molecule has 0 bridgehead atoms. The molecule has 0 fully saturated rings. The van der Waals surface area contributed by atoms with Gasteiger partial charge in [-0.2, -0.15) is 0 Å². The molecule has 0 saturated carbocycles. The van der Waals surface area contributed by atoms with Crippen molar-refractivity contribution in [3.63, 3.8) is 0 Å². The lowest BCUT2D eigenvalue weighted by atomic mass is 10.3. The smallest absolute Gasteiger partial charge is 0.119 e. The molecule has 0 aliphatic rings. The van der Waals surface area contributed by atoms with Crippen LogP contribution in [-0.2, 0) is 0 Å². The minimum absolute atomic E-state index is 0.716. The second kappa shape index (κ2) is 12.4. The summed E-state index contributed by atoms with van der Waals surface area (Å²) in [5.74, 6) is 2.74. The second-order valence-corrected chi connectivity index (χ2v) is 9.65. The fraction of sp³-hybridized carbons (Fsp3) is 0.333. The van der Waals surface area contributed by atoms with Crippen LogP contribution in [0.2, 0.25) is 0 Å². The van der Waals surface area contributed by atoms with Crippen LogP contribution < -0.4 is 30.1 Å². The lowest BCUT2D eigenvalue weighted by molar-refractivity contribution is 0.309. The molecule has 164 valence electrons. The molecular formula is C27H33O3P. The number of rotatable bonds is 12. The lowest BCUT2D eigenvalue weighted by Gasteiger charge is -2.20. The first kappa shape index (κ1) is 23.2. The van der Waals surface area contributed by atoms with Crippen molar-refractivity contribution in [3.8, 4) is 17.2 Å². The molecule has 0 aromatic heterocycles.